The lowest BCUT2D eigenvalue weighted by Crippen LogP contribution is -2.47. The summed E-state index contributed by atoms with van der Waals surface area (Å²) in [6.45, 7) is 0. The minimum atomic E-state index is -0.865. The first-order valence-electron chi connectivity index (χ1n) is 9.58. The summed E-state index contributed by atoms with van der Waals surface area (Å²) in [6.07, 6.45) is 6.43. The fourth-order valence-electron chi connectivity index (χ4n) is 4.74. The molecule has 3 fully saturated rings. The Morgan fingerprint density at radius 2 is 2.04 bits per heavy atom. The van der Waals surface area contributed by atoms with Crippen LogP contribution in [0.2, 0.25) is 0 Å². The zero-order chi connectivity index (χ0) is 20.0. The van der Waals surface area contributed by atoms with Gasteiger partial charge in [-0.25, -0.2) is 4.39 Å². The fraction of sp³-hybridized carbons (Fsp3) is 0.524. The number of rotatable bonds is 5. The van der Waals surface area contributed by atoms with E-state index in [9.17, 15) is 19.1 Å². The molecule has 6 nitrogen and oxygen atoms in total. The highest BCUT2D eigenvalue weighted by Crippen LogP contribution is 2.53. The number of nitrogens with one attached hydrogen (secondary N) is 1. The van der Waals surface area contributed by atoms with Crippen molar-refractivity contribution in [3.63, 3.8) is 0 Å². The van der Waals surface area contributed by atoms with E-state index in [2.05, 4.69) is 11.4 Å². The van der Waals surface area contributed by atoms with Crippen molar-refractivity contribution in [2.45, 2.75) is 31.7 Å². The summed E-state index contributed by atoms with van der Waals surface area (Å²) in [5.41, 5.74) is 1.34. The molecule has 28 heavy (non-hydrogen) atoms. The van der Waals surface area contributed by atoms with Crippen LogP contribution in [-0.4, -0.2) is 37.2 Å². The summed E-state index contributed by atoms with van der Waals surface area (Å²) in [4.78, 5) is 25.3. The predicted molar refractivity (Wildman–Crippen MR) is 98.4 cm³/mol. The molecular weight excluding hydrogens is 365 g/mol. The van der Waals surface area contributed by atoms with Crippen molar-refractivity contribution in [3.05, 3.63) is 35.2 Å². The van der Waals surface area contributed by atoms with E-state index >= 15 is 0 Å². The quantitative estimate of drug-likeness (QED) is 0.598. The third kappa shape index (κ3) is 3.23. The summed E-state index contributed by atoms with van der Waals surface area (Å²) < 4.78 is 23.7. The highest BCUT2D eigenvalue weighted by molar-refractivity contribution is 5.98. The lowest BCUT2D eigenvalue weighted by molar-refractivity contribution is -0.147. The van der Waals surface area contributed by atoms with Crippen molar-refractivity contribution in [2.75, 3.05) is 14.2 Å². The number of amides is 1. The number of esters is 1. The summed E-state index contributed by atoms with van der Waals surface area (Å²) in [5.74, 6) is -1.85. The van der Waals surface area contributed by atoms with Crippen LogP contribution in [0.5, 0.6) is 11.5 Å². The normalized spacial score (nSPS) is 29.8. The first-order chi connectivity index (χ1) is 13.4. The Bertz CT molecular complexity index is 847. The molecule has 1 aromatic rings. The minimum Gasteiger partial charge on any atom is -0.505 e. The SMILES string of the molecule is COC(=O)[C@@H]1[C@H](NC(=O)c2cc(O)c(F)cc2OC)[C@H]2CC(=CC3CC3)[C@@H]1C2. The highest BCUT2D eigenvalue weighted by atomic mass is 19.1. The number of benzene rings is 1. The van der Waals surface area contributed by atoms with Gasteiger partial charge in [-0.15, -0.1) is 0 Å². The number of aromatic hydroxyl groups is 1. The molecule has 0 aromatic heterocycles. The van der Waals surface area contributed by atoms with Crippen molar-refractivity contribution in [3.8, 4) is 11.5 Å². The van der Waals surface area contributed by atoms with E-state index in [0.717, 1.165) is 25.0 Å². The Balaban J connectivity index is 1.58. The second kappa shape index (κ2) is 7.11. The zero-order valence-corrected chi connectivity index (χ0v) is 15.9. The van der Waals surface area contributed by atoms with Gasteiger partial charge in [-0.05, 0) is 49.5 Å². The number of hydrogen-bond acceptors (Lipinski definition) is 5. The second-order valence-corrected chi connectivity index (χ2v) is 7.94. The number of phenolic OH excluding ortho intramolecular Hbond substituents is 1. The van der Waals surface area contributed by atoms with Crippen LogP contribution in [0, 0.1) is 29.5 Å². The number of methoxy groups -OCH3 is 2. The standard InChI is InChI=1S/C21H24FNO5/c1-27-17-9-15(22)16(24)8-14(17)20(25)23-19-12-6-11(5-10-3-4-10)13(7-12)18(19)21(26)28-2/h5,8-10,12-13,18-19,24H,3-4,6-7H2,1-2H3,(H,23,25)/t12-,13-,18-,19+/m0/s1. The van der Waals surface area contributed by atoms with Gasteiger partial charge < -0.3 is 19.9 Å². The van der Waals surface area contributed by atoms with E-state index in [1.54, 1.807) is 0 Å². The average molecular weight is 389 g/mol. The van der Waals surface area contributed by atoms with Crippen LogP contribution in [0.25, 0.3) is 0 Å². The lowest BCUT2D eigenvalue weighted by atomic mass is 9.80. The number of carbonyl (C=O) groups is 2. The minimum absolute atomic E-state index is 0.0277. The molecule has 0 spiro atoms. The molecule has 2 bridgehead atoms. The molecule has 3 saturated carbocycles. The molecule has 1 amide bonds. The molecule has 7 heteroatoms. The summed E-state index contributed by atoms with van der Waals surface area (Å²) >= 11 is 0. The van der Waals surface area contributed by atoms with Crippen molar-refractivity contribution < 1.29 is 28.6 Å². The van der Waals surface area contributed by atoms with E-state index in [1.807, 2.05) is 0 Å². The van der Waals surface area contributed by atoms with E-state index in [1.165, 1.54) is 32.6 Å². The maximum absolute atomic E-state index is 13.6. The Kier molecular flexibility index (Phi) is 4.77. The largest absolute Gasteiger partial charge is 0.505 e. The van der Waals surface area contributed by atoms with Gasteiger partial charge in [-0.1, -0.05) is 11.6 Å². The maximum atomic E-state index is 13.6. The number of ether oxygens (including phenoxy) is 2. The van der Waals surface area contributed by atoms with Crippen LogP contribution in [0.1, 0.15) is 36.0 Å². The molecule has 0 radical (unpaired) electrons. The number of hydrogen-bond donors (Lipinski definition) is 2. The molecule has 4 rings (SSSR count). The van der Waals surface area contributed by atoms with Crippen molar-refractivity contribution in [1.29, 1.82) is 0 Å². The van der Waals surface area contributed by atoms with Crippen LogP contribution in [0.15, 0.2) is 23.8 Å². The van der Waals surface area contributed by atoms with E-state index in [0.29, 0.717) is 5.92 Å². The summed E-state index contributed by atoms with van der Waals surface area (Å²) in [5, 5.41) is 12.6. The molecule has 0 saturated heterocycles. The third-order valence-corrected chi connectivity index (χ3v) is 6.22. The first-order valence-corrected chi connectivity index (χ1v) is 9.58. The van der Waals surface area contributed by atoms with Crippen LogP contribution in [-0.2, 0) is 9.53 Å². The Morgan fingerprint density at radius 1 is 1.29 bits per heavy atom. The number of phenols is 1. The Labute approximate surface area is 162 Å². The molecule has 150 valence electrons. The molecule has 3 aliphatic carbocycles. The highest BCUT2D eigenvalue weighted by Gasteiger charge is 2.54. The lowest BCUT2D eigenvalue weighted by Gasteiger charge is -2.31. The summed E-state index contributed by atoms with van der Waals surface area (Å²) in [7, 11) is 2.69. The van der Waals surface area contributed by atoms with Gasteiger partial charge in [0, 0.05) is 12.1 Å². The van der Waals surface area contributed by atoms with Gasteiger partial charge >= 0.3 is 5.97 Å². The molecule has 0 unspecified atom stereocenters. The molecule has 2 N–H and O–H groups in total. The van der Waals surface area contributed by atoms with Crippen molar-refractivity contribution in [2.24, 2.45) is 23.7 Å². The van der Waals surface area contributed by atoms with Gasteiger partial charge in [-0.3, -0.25) is 9.59 Å². The maximum Gasteiger partial charge on any atom is 0.311 e. The monoisotopic (exact) mass is 389 g/mol. The van der Waals surface area contributed by atoms with Gasteiger partial charge in [0.25, 0.3) is 5.91 Å². The van der Waals surface area contributed by atoms with E-state index < -0.39 is 23.4 Å². The van der Waals surface area contributed by atoms with E-state index in [4.69, 9.17) is 9.47 Å². The predicted octanol–water partition coefficient (Wildman–Crippen LogP) is 2.80. The number of fused-ring (bicyclic) bond motifs is 2. The molecule has 3 aliphatic rings. The average Bonchev–Trinajstić information content (AvgIpc) is 3.31. The Hall–Kier alpha value is -2.57. The smallest absolute Gasteiger partial charge is 0.311 e. The van der Waals surface area contributed by atoms with Gasteiger partial charge in [0.1, 0.15) is 5.75 Å². The van der Waals surface area contributed by atoms with Crippen molar-refractivity contribution >= 4 is 11.9 Å². The number of halogens is 1. The van der Waals surface area contributed by atoms with Gasteiger partial charge in [-0.2, -0.15) is 0 Å². The number of carbonyl (C=O) groups excluding carboxylic acids is 2. The fourth-order valence-corrected chi connectivity index (χ4v) is 4.74. The van der Waals surface area contributed by atoms with Crippen LogP contribution in [0.3, 0.4) is 0 Å². The summed E-state index contributed by atoms with van der Waals surface area (Å²) in [6, 6.07) is 1.65. The third-order valence-electron chi connectivity index (χ3n) is 6.22. The zero-order valence-electron chi connectivity index (χ0n) is 15.9. The van der Waals surface area contributed by atoms with Crippen LogP contribution in [0.4, 0.5) is 4.39 Å². The molecule has 0 heterocycles. The molecule has 4 atom stereocenters. The van der Waals surface area contributed by atoms with Gasteiger partial charge in [0.05, 0.1) is 25.7 Å². The van der Waals surface area contributed by atoms with E-state index in [-0.39, 0.29) is 35.2 Å². The van der Waals surface area contributed by atoms with Crippen LogP contribution >= 0.6 is 0 Å². The van der Waals surface area contributed by atoms with Crippen molar-refractivity contribution in [1.82, 2.24) is 5.32 Å². The van der Waals surface area contributed by atoms with Gasteiger partial charge in [0.15, 0.2) is 11.6 Å². The Morgan fingerprint density at radius 3 is 2.68 bits per heavy atom. The second-order valence-electron chi connectivity index (χ2n) is 7.94. The number of allylic oxidation sites excluding steroid dienone is 2. The first kappa shape index (κ1) is 18.8. The molecule has 0 aliphatic heterocycles. The topological polar surface area (TPSA) is 84.9 Å². The van der Waals surface area contributed by atoms with Crippen LogP contribution < -0.4 is 10.1 Å². The van der Waals surface area contributed by atoms with Gasteiger partial charge in [0.2, 0.25) is 0 Å². The molecule has 1 aromatic carbocycles. The molecular formula is C21H24FNO5.